The van der Waals surface area contributed by atoms with Gasteiger partial charge in [0, 0.05) is 34.3 Å². The zero-order valence-corrected chi connectivity index (χ0v) is 22.9. The number of nitrogens with one attached hydrogen (secondary N) is 1. The predicted octanol–water partition coefficient (Wildman–Crippen LogP) is 6.59. The van der Waals surface area contributed by atoms with Crippen LogP contribution in [0.25, 0.3) is 0 Å². The Morgan fingerprint density at radius 1 is 0.921 bits per heavy atom. The highest BCUT2D eigenvalue weighted by Gasteiger charge is 2.42. The topological polar surface area (TPSA) is 73.9 Å². The molecule has 1 heterocycles. The number of Topliss-reactive ketones (excluding diaryl/α,β-unsaturated/α-hetero) is 1. The molecule has 0 amide bonds. The Morgan fingerprint density at radius 2 is 1.61 bits per heavy atom. The van der Waals surface area contributed by atoms with Crippen molar-refractivity contribution in [3.63, 3.8) is 0 Å². The third kappa shape index (κ3) is 5.19. The van der Waals surface area contributed by atoms with Crippen LogP contribution in [-0.2, 0) is 14.3 Å². The van der Waals surface area contributed by atoms with Gasteiger partial charge < -0.3 is 19.5 Å². The molecular weight excluding hydrogens is 502 g/mol. The summed E-state index contributed by atoms with van der Waals surface area (Å²) in [6, 6.07) is 13.3. The lowest BCUT2D eigenvalue weighted by Gasteiger charge is -2.37. The molecule has 2 aliphatic carbocycles. The Kier molecular flexibility index (Phi) is 7.80. The molecule has 3 aliphatic rings. The van der Waals surface area contributed by atoms with Crippen LogP contribution in [0, 0.1) is 0 Å². The van der Waals surface area contributed by atoms with Crippen LogP contribution < -0.4 is 14.8 Å². The molecule has 0 saturated heterocycles. The fourth-order valence-corrected chi connectivity index (χ4v) is 6.17. The summed E-state index contributed by atoms with van der Waals surface area (Å²) in [5.41, 5.74) is 4.55. The van der Waals surface area contributed by atoms with Crippen LogP contribution in [0.2, 0.25) is 5.02 Å². The van der Waals surface area contributed by atoms with Gasteiger partial charge in [-0.3, -0.25) is 4.79 Å². The minimum absolute atomic E-state index is 0.0222. The van der Waals surface area contributed by atoms with E-state index in [2.05, 4.69) is 5.32 Å². The summed E-state index contributed by atoms with van der Waals surface area (Å²) < 4.78 is 17.1. The number of carbonyl (C=O) groups excluding carboxylic acids is 2. The molecule has 2 atom stereocenters. The molecule has 200 valence electrons. The van der Waals surface area contributed by atoms with Gasteiger partial charge in [-0.1, -0.05) is 36.2 Å². The zero-order chi connectivity index (χ0) is 26.8. The van der Waals surface area contributed by atoms with Crippen molar-refractivity contribution in [2.45, 2.75) is 69.8 Å². The quantitative estimate of drug-likeness (QED) is 0.420. The SMILES string of the molecule is COc1ccc([C@H]2C(C(=O)OC3CCCCC3)=C(C)NC3=C2C(=O)C[C@H](c2ccc(Cl)cc2)C3)cc1OC. The second-order valence-electron chi connectivity index (χ2n) is 10.3. The number of methoxy groups -OCH3 is 2. The third-order valence-corrected chi connectivity index (χ3v) is 8.21. The van der Waals surface area contributed by atoms with E-state index in [1.54, 1.807) is 14.2 Å². The van der Waals surface area contributed by atoms with Crippen LogP contribution in [0.3, 0.4) is 0 Å². The molecule has 2 aromatic carbocycles. The van der Waals surface area contributed by atoms with Gasteiger partial charge in [0.1, 0.15) is 6.10 Å². The Bertz CT molecular complexity index is 1290. The van der Waals surface area contributed by atoms with Gasteiger partial charge in [-0.2, -0.15) is 0 Å². The largest absolute Gasteiger partial charge is 0.493 e. The molecular formula is C31H34ClNO5. The first-order valence-electron chi connectivity index (χ1n) is 13.3. The lowest BCUT2D eigenvalue weighted by Crippen LogP contribution is -2.37. The molecule has 2 aromatic rings. The van der Waals surface area contributed by atoms with E-state index in [1.807, 2.05) is 49.4 Å². The number of benzene rings is 2. The highest BCUT2D eigenvalue weighted by molar-refractivity contribution is 6.30. The van der Waals surface area contributed by atoms with Gasteiger partial charge >= 0.3 is 5.97 Å². The Balaban J connectivity index is 1.56. The van der Waals surface area contributed by atoms with Gasteiger partial charge in [-0.05, 0) is 80.3 Å². The van der Waals surface area contributed by atoms with Crippen LogP contribution >= 0.6 is 11.6 Å². The summed E-state index contributed by atoms with van der Waals surface area (Å²) in [5, 5.41) is 4.10. The van der Waals surface area contributed by atoms with E-state index in [4.69, 9.17) is 25.8 Å². The second-order valence-corrected chi connectivity index (χ2v) is 10.8. The van der Waals surface area contributed by atoms with Crippen molar-refractivity contribution < 1.29 is 23.8 Å². The second kappa shape index (κ2) is 11.2. The maximum Gasteiger partial charge on any atom is 0.337 e. The molecule has 0 unspecified atom stereocenters. The molecule has 1 aliphatic heterocycles. The summed E-state index contributed by atoms with van der Waals surface area (Å²) in [5.74, 6) is 0.270. The number of rotatable bonds is 6. The minimum atomic E-state index is -0.555. The Morgan fingerprint density at radius 3 is 2.29 bits per heavy atom. The van der Waals surface area contributed by atoms with E-state index in [9.17, 15) is 9.59 Å². The molecule has 7 heteroatoms. The first kappa shape index (κ1) is 26.4. The normalized spacial score (nSPS) is 22.1. The van der Waals surface area contributed by atoms with Crippen molar-refractivity contribution in [3.05, 3.63) is 81.2 Å². The Hall–Kier alpha value is -3.25. The molecule has 38 heavy (non-hydrogen) atoms. The maximum absolute atomic E-state index is 13.9. The standard InChI is InChI=1S/C31H34ClNO5/c1-18-28(31(35)38-23-7-5-4-6-8-23)29(20-11-14-26(36-2)27(17-20)37-3)30-24(33-18)15-21(16-25(30)34)19-9-12-22(32)13-10-19/h9-14,17,21,23,29,33H,4-8,15-16H2,1-3H3/t21-,29+/m1/s1. The Labute approximate surface area is 229 Å². The average molecular weight is 536 g/mol. The highest BCUT2D eigenvalue weighted by atomic mass is 35.5. The van der Waals surface area contributed by atoms with Gasteiger partial charge in [0.25, 0.3) is 0 Å². The van der Waals surface area contributed by atoms with E-state index in [0.717, 1.165) is 42.5 Å². The molecule has 0 radical (unpaired) electrons. The number of allylic oxidation sites excluding steroid dienone is 3. The summed E-state index contributed by atoms with van der Waals surface area (Å²) in [6.45, 7) is 1.89. The van der Waals surface area contributed by atoms with Gasteiger partial charge in [-0.25, -0.2) is 4.79 Å². The number of carbonyl (C=O) groups is 2. The smallest absolute Gasteiger partial charge is 0.337 e. The first-order valence-corrected chi connectivity index (χ1v) is 13.7. The molecule has 6 nitrogen and oxygen atoms in total. The molecule has 1 N–H and O–H groups in total. The fourth-order valence-electron chi connectivity index (χ4n) is 6.04. The van der Waals surface area contributed by atoms with Crippen LogP contribution in [0.4, 0.5) is 0 Å². The number of ketones is 1. The molecule has 0 aromatic heterocycles. The van der Waals surface area contributed by atoms with Crippen LogP contribution in [0.5, 0.6) is 11.5 Å². The molecule has 0 spiro atoms. The first-order chi connectivity index (χ1) is 18.4. The van der Waals surface area contributed by atoms with Crippen molar-refractivity contribution in [2.24, 2.45) is 0 Å². The van der Waals surface area contributed by atoms with E-state index < -0.39 is 5.92 Å². The van der Waals surface area contributed by atoms with Gasteiger partial charge in [0.15, 0.2) is 17.3 Å². The maximum atomic E-state index is 13.9. The van der Waals surface area contributed by atoms with E-state index >= 15 is 0 Å². The van der Waals surface area contributed by atoms with Crippen LogP contribution in [-0.4, -0.2) is 32.1 Å². The predicted molar refractivity (Wildman–Crippen MR) is 147 cm³/mol. The van der Waals surface area contributed by atoms with Gasteiger partial charge in [-0.15, -0.1) is 0 Å². The zero-order valence-electron chi connectivity index (χ0n) is 22.1. The number of dihydropyridines is 1. The number of halogens is 1. The van der Waals surface area contributed by atoms with Crippen LogP contribution in [0.15, 0.2) is 65.0 Å². The summed E-state index contributed by atoms with van der Waals surface area (Å²) in [6.07, 6.45) is 5.98. The molecule has 1 saturated carbocycles. The van der Waals surface area contributed by atoms with Crippen molar-refractivity contribution in [2.75, 3.05) is 14.2 Å². The molecule has 1 fully saturated rings. The van der Waals surface area contributed by atoms with Gasteiger partial charge in [0.2, 0.25) is 0 Å². The molecule has 0 bridgehead atoms. The minimum Gasteiger partial charge on any atom is -0.493 e. The van der Waals surface area contributed by atoms with Crippen molar-refractivity contribution in [1.29, 1.82) is 0 Å². The van der Waals surface area contributed by atoms with Crippen molar-refractivity contribution in [1.82, 2.24) is 5.32 Å². The average Bonchev–Trinajstić information content (AvgIpc) is 2.92. The summed E-state index contributed by atoms with van der Waals surface area (Å²) in [4.78, 5) is 27.6. The van der Waals surface area contributed by atoms with Crippen molar-refractivity contribution >= 4 is 23.4 Å². The van der Waals surface area contributed by atoms with Crippen molar-refractivity contribution in [3.8, 4) is 11.5 Å². The highest BCUT2D eigenvalue weighted by Crippen LogP contribution is 2.47. The summed E-state index contributed by atoms with van der Waals surface area (Å²) >= 11 is 6.10. The number of hydrogen-bond donors (Lipinski definition) is 1. The lowest BCUT2D eigenvalue weighted by molar-refractivity contribution is -0.146. The number of esters is 1. The van der Waals surface area contributed by atoms with Crippen LogP contribution in [0.1, 0.15) is 74.8 Å². The third-order valence-electron chi connectivity index (χ3n) is 7.96. The number of ether oxygens (including phenoxy) is 3. The molecule has 5 rings (SSSR count). The van der Waals surface area contributed by atoms with E-state index in [-0.39, 0.29) is 23.8 Å². The fraction of sp³-hybridized carbons (Fsp3) is 0.419. The lowest BCUT2D eigenvalue weighted by atomic mass is 9.71. The monoisotopic (exact) mass is 535 g/mol. The van der Waals surface area contributed by atoms with E-state index in [1.165, 1.54) is 6.42 Å². The van der Waals surface area contributed by atoms with Gasteiger partial charge in [0.05, 0.1) is 19.8 Å². The number of hydrogen-bond acceptors (Lipinski definition) is 6. The van der Waals surface area contributed by atoms with E-state index in [0.29, 0.717) is 46.2 Å². The summed E-state index contributed by atoms with van der Waals surface area (Å²) in [7, 11) is 3.16.